The topological polar surface area (TPSA) is 71.2 Å². The van der Waals surface area contributed by atoms with E-state index in [1.807, 2.05) is 6.92 Å². The summed E-state index contributed by atoms with van der Waals surface area (Å²) < 4.78 is 5.54. The van der Waals surface area contributed by atoms with E-state index < -0.39 is 0 Å². The molecule has 1 atom stereocenters. The van der Waals surface area contributed by atoms with Gasteiger partial charge in [0.05, 0.1) is 6.04 Å². The molecule has 1 fully saturated rings. The van der Waals surface area contributed by atoms with E-state index in [4.69, 9.17) is 9.51 Å². The Bertz CT molecular complexity index is 771. The van der Waals surface area contributed by atoms with Gasteiger partial charge in [0.15, 0.2) is 5.82 Å². The van der Waals surface area contributed by atoms with Crippen LogP contribution in [0.2, 0.25) is 0 Å². The third-order valence-electron chi connectivity index (χ3n) is 5.03. The second-order valence-corrected chi connectivity index (χ2v) is 8.79. The van der Waals surface area contributed by atoms with E-state index in [1.54, 1.807) is 0 Å². The van der Waals surface area contributed by atoms with Crippen LogP contribution in [0.25, 0.3) is 0 Å². The van der Waals surface area contributed by atoms with Gasteiger partial charge in [-0.1, -0.05) is 39.8 Å². The van der Waals surface area contributed by atoms with Crippen molar-refractivity contribution in [2.45, 2.75) is 65.8 Å². The highest BCUT2D eigenvalue weighted by Crippen LogP contribution is 2.26. The van der Waals surface area contributed by atoms with E-state index in [2.05, 4.69) is 72.5 Å². The van der Waals surface area contributed by atoms with Crippen molar-refractivity contribution < 1.29 is 4.52 Å². The molecule has 0 aromatic carbocycles. The maximum absolute atomic E-state index is 5.54. The van der Waals surface area contributed by atoms with E-state index in [9.17, 15) is 0 Å². The molecular weight excluding hydrogens is 340 g/mol. The molecule has 2 aromatic heterocycles. The first-order valence-electron chi connectivity index (χ1n) is 9.84. The molecule has 148 valence electrons. The Balaban J connectivity index is 1.66. The SMILES string of the molecule is Cc1cc(N2CCN([C@@H](C)c3nc(C(C)(C)C)no3)CC2)nc(C(C)C)n1. The molecule has 1 saturated heterocycles. The van der Waals surface area contributed by atoms with Crippen molar-refractivity contribution >= 4 is 5.82 Å². The molecule has 1 aliphatic rings. The molecule has 3 rings (SSSR count). The van der Waals surface area contributed by atoms with Crippen molar-refractivity contribution in [3.63, 3.8) is 0 Å². The molecule has 0 saturated carbocycles. The van der Waals surface area contributed by atoms with Crippen molar-refractivity contribution in [3.05, 3.63) is 29.3 Å². The summed E-state index contributed by atoms with van der Waals surface area (Å²) >= 11 is 0. The van der Waals surface area contributed by atoms with Gasteiger partial charge in [-0.25, -0.2) is 9.97 Å². The Labute approximate surface area is 162 Å². The summed E-state index contributed by atoms with van der Waals surface area (Å²) in [5, 5.41) is 4.16. The van der Waals surface area contributed by atoms with Gasteiger partial charge in [-0.15, -0.1) is 0 Å². The first kappa shape index (κ1) is 19.7. The van der Waals surface area contributed by atoms with Crippen molar-refractivity contribution in [3.8, 4) is 0 Å². The van der Waals surface area contributed by atoms with Gasteiger partial charge < -0.3 is 9.42 Å². The molecule has 1 aliphatic heterocycles. The van der Waals surface area contributed by atoms with Crippen LogP contribution in [0.5, 0.6) is 0 Å². The van der Waals surface area contributed by atoms with Crippen LogP contribution in [-0.4, -0.2) is 51.2 Å². The average molecular weight is 373 g/mol. The van der Waals surface area contributed by atoms with Gasteiger partial charge in [-0.05, 0) is 13.8 Å². The molecule has 2 aromatic rings. The zero-order chi connectivity index (χ0) is 19.8. The second-order valence-electron chi connectivity index (χ2n) is 8.79. The second kappa shape index (κ2) is 7.54. The number of aryl methyl sites for hydroxylation is 1. The van der Waals surface area contributed by atoms with Crippen LogP contribution in [0.3, 0.4) is 0 Å². The summed E-state index contributed by atoms with van der Waals surface area (Å²) in [6, 6.07) is 2.20. The lowest BCUT2D eigenvalue weighted by Crippen LogP contribution is -2.47. The maximum atomic E-state index is 5.54. The van der Waals surface area contributed by atoms with Crippen LogP contribution < -0.4 is 4.90 Å². The fourth-order valence-electron chi connectivity index (χ4n) is 3.20. The van der Waals surface area contributed by atoms with Crippen LogP contribution in [0, 0.1) is 6.92 Å². The number of nitrogens with zero attached hydrogens (tertiary/aromatic N) is 6. The smallest absolute Gasteiger partial charge is 0.243 e. The van der Waals surface area contributed by atoms with Gasteiger partial charge in [0.2, 0.25) is 5.89 Å². The molecule has 0 radical (unpaired) electrons. The largest absolute Gasteiger partial charge is 0.354 e. The number of hydrogen-bond donors (Lipinski definition) is 0. The van der Waals surface area contributed by atoms with Crippen molar-refractivity contribution in [2.75, 3.05) is 31.1 Å². The summed E-state index contributed by atoms with van der Waals surface area (Å²) in [6.07, 6.45) is 0. The Hall–Kier alpha value is -2.02. The highest BCUT2D eigenvalue weighted by molar-refractivity contribution is 5.40. The number of hydrogen-bond acceptors (Lipinski definition) is 7. The lowest BCUT2D eigenvalue weighted by Gasteiger charge is -2.37. The van der Waals surface area contributed by atoms with Gasteiger partial charge in [0, 0.05) is 49.3 Å². The average Bonchev–Trinajstić information content (AvgIpc) is 3.11. The standard InChI is InChI=1S/C20H32N6O/c1-13(2)17-21-14(3)12-16(22-17)26-10-8-25(9-11-26)15(4)18-23-19(24-27-18)20(5,6)7/h12-13,15H,8-11H2,1-7H3/t15-/m0/s1. The Morgan fingerprint density at radius 2 is 1.67 bits per heavy atom. The van der Waals surface area contributed by atoms with Gasteiger partial charge in [-0.2, -0.15) is 4.98 Å². The highest BCUT2D eigenvalue weighted by atomic mass is 16.5. The fraction of sp³-hybridized carbons (Fsp3) is 0.700. The quantitative estimate of drug-likeness (QED) is 0.813. The van der Waals surface area contributed by atoms with E-state index in [-0.39, 0.29) is 11.5 Å². The first-order valence-corrected chi connectivity index (χ1v) is 9.84. The number of rotatable bonds is 4. The van der Waals surface area contributed by atoms with E-state index in [1.165, 1.54) is 0 Å². The summed E-state index contributed by atoms with van der Waals surface area (Å²) in [5.74, 6) is 3.75. The van der Waals surface area contributed by atoms with E-state index >= 15 is 0 Å². The van der Waals surface area contributed by atoms with Crippen LogP contribution in [0.15, 0.2) is 10.6 Å². The predicted octanol–water partition coefficient (Wildman–Crippen LogP) is 3.47. The molecule has 27 heavy (non-hydrogen) atoms. The van der Waals surface area contributed by atoms with Gasteiger partial charge in [-0.3, -0.25) is 4.90 Å². The molecule has 7 nitrogen and oxygen atoms in total. The van der Waals surface area contributed by atoms with Crippen LogP contribution >= 0.6 is 0 Å². The fourth-order valence-corrected chi connectivity index (χ4v) is 3.20. The normalized spacial score (nSPS) is 17.6. The van der Waals surface area contributed by atoms with Crippen molar-refractivity contribution in [2.24, 2.45) is 0 Å². The van der Waals surface area contributed by atoms with Gasteiger partial charge in [0.25, 0.3) is 0 Å². The van der Waals surface area contributed by atoms with Crippen LogP contribution in [-0.2, 0) is 5.41 Å². The Morgan fingerprint density at radius 3 is 2.22 bits per heavy atom. The zero-order valence-electron chi connectivity index (χ0n) is 17.7. The van der Waals surface area contributed by atoms with Gasteiger partial charge >= 0.3 is 0 Å². The molecule has 0 bridgehead atoms. The summed E-state index contributed by atoms with van der Waals surface area (Å²) in [6.45, 7) is 18.5. The van der Waals surface area contributed by atoms with Gasteiger partial charge in [0.1, 0.15) is 11.6 Å². The summed E-state index contributed by atoms with van der Waals surface area (Å²) in [4.78, 5) is 18.7. The molecular formula is C20H32N6O. The molecule has 3 heterocycles. The van der Waals surface area contributed by atoms with E-state index in [0.717, 1.165) is 49.3 Å². The summed E-state index contributed by atoms with van der Waals surface area (Å²) in [5.41, 5.74) is 0.930. The molecule has 0 spiro atoms. The molecule has 7 heteroatoms. The summed E-state index contributed by atoms with van der Waals surface area (Å²) in [7, 11) is 0. The maximum Gasteiger partial charge on any atom is 0.243 e. The number of piperazine rings is 1. The molecule has 0 amide bonds. The van der Waals surface area contributed by atoms with E-state index in [0.29, 0.717) is 11.8 Å². The zero-order valence-corrected chi connectivity index (χ0v) is 17.7. The molecule has 0 unspecified atom stereocenters. The van der Waals surface area contributed by atoms with Crippen LogP contribution in [0.4, 0.5) is 5.82 Å². The molecule has 0 N–H and O–H groups in total. The van der Waals surface area contributed by atoms with Crippen molar-refractivity contribution in [1.82, 2.24) is 25.0 Å². The van der Waals surface area contributed by atoms with Crippen LogP contribution in [0.1, 0.15) is 76.7 Å². The monoisotopic (exact) mass is 372 g/mol. The predicted molar refractivity (Wildman–Crippen MR) is 106 cm³/mol. The first-order chi connectivity index (χ1) is 12.6. The minimum atomic E-state index is -0.0981. The highest BCUT2D eigenvalue weighted by Gasteiger charge is 2.28. The lowest BCUT2D eigenvalue weighted by atomic mass is 9.96. The lowest BCUT2D eigenvalue weighted by molar-refractivity contribution is 0.164. The Kier molecular flexibility index (Phi) is 5.51. The number of aromatic nitrogens is 4. The third kappa shape index (κ3) is 4.46. The number of anilines is 1. The third-order valence-corrected chi connectivity index (χ3v) is 5.03. The minimum Gasteiger partial charge on any atom is -0.354 e. The molecule has 0 aliphatic carbocycles. The minimum absolute atomic E-state index is 0.0981. The van der Waals surface area contributed by atoms with Crippen molar-refractivity contribution in [1.29, 1.82) is 0 Å². The Morgan fingerprint density at radius 1 is 1.00 bits per heavy atom.